The number of nitrogens with zero attached hydrogens (tertiary/aromatic N) is 1. The van der Waals surface area contributed by atoms with Crippen LogP contribution in [0.1, 0.15) is 24.0 Å². The first-order valence-corrected chi connectivity index (χ1v) is 7.43. The first-order chi connectivity index (χ1) is 9.31. The van der Waals surface area contributed by atoms with Crippen LogP contribution in [0.4, 0.5) is 5.69 Å². The van der Waals surface area contributed by atoms with Crippen LogP contribution >= 0.6 is 0 Å². The Morgan fingerprint density at radius 1 is 1.37 bits per heavy atom. The minimum absolute atomic E-state index is 0.857. The predicted molar refractivity (Wildman–Crippen MR) is 78.5 cm³/mol. The van der Waals surface area contributed by atoms with E-state index in [0.29, 0.717) is 0 Å². The number of hydrogen-bond donors (Lipinski definition) is 1. The summed E-state index contributed by atoms with van der Waals surface area (Å²) in [4.78, 5) is 2.34. The van der Waals surface area contributed by atoms with Crippen molar-refractivity contribution in [3.05, 3.63) is 29.3 Å². The lowest BCUT2D eigenvalue weighted by Gasteiger charge is -2.17. The number of benzene rings is 1. The lowest BCUT2D eigenvalue weighted by atomic mass is 10.1. The molecule has 0 amide bonds. The molecular weight excluding hydrogens is 236 g/mol. The second kappa shape index (κ2) is 5.93. The summed E-state index contributed by atoms with van der Waals surface area (Å²) in [6.45, 7) is 4.93. The largest absolute Gasteiger partial charge is 0.384 e. The molecule has 1 aromatic rings. The van der Waals surface area contributed by atoms with Crippen LogP contribution < -0.4 is 5.32 Å². The van der Waals surface area contributed by atoms with Gasteiger partial charge in [0.05, 0.1) is 6.61 Å². The Morgan fingerprint density at radius 3 is 3.11 bits per heavy atom. The highest BCUT2D eigenvalue weighted by molar-refractivity contribution is 5.56. The average molecular weight is 260 g/mol. The fourth-order valence-corrected chi connectivity index (χ4v) is 2.58. The highest BCUT2D eigenvalue weighted by Gasteiger charge is 2.20. The van der Waals surface area contributed by atoms with E-state index in [2.05, 4.69) is 35.5 Å². The Bertz CT molecular complexity index is 429. The van der Waals surface area contributed by atoms with Crippen molar-refractivity contribution in [2.45, 2.75) is 25.8 Å². The van der Waals surface area contributed by atoms with E-state index in [1.165, 1.54) is 36.1 Å². The second-order valence-electron chi connectivity index (χ2n) is 5.92. The molecule has 0 unspecified atom stereocenters. The van der Waals surface area contributed by atoms with E-state index in [9.17, 15) is 0 Å². The summed E-state index contributed by atoms with van der Waals surface area (Å²) in [6.07, 6.45) is 3.91. The lowest BCUT2D eigenvalue weighted by Crippen LogP contribution is -2.23. The van der Waals surface area contributed by atoms with Crippen molar-refractivity contribution in [3.8, 4) is 0 Å². The minimum atomic E-state index is 0.857. The zero-order valence-electron chi connectivity index (χ0n) is 11.8. The zero-order chi connectivity index (χ0) is 13.1. The Balaban J connectivity index is 1.41. The van der Waals surface area contributed by atoms with Crippen LogP contribution in [0.15, 0.2) is 18.2 Å². The first-order valence-electron chi connectivity index (χ1n) is 7.43. The van der Waals surface area contributed by atoms with Crippen LogP contribution in [0.3, 0.4) is 0 Å². The fraction of sp³-hybridized carbons (Fsp3) is 0.625. The average Bonchev–Trinajstić information content (AvgIpc) is 3.11. The van der Waals surface area contributed by atoms with E-state index in [1.54, 1.807) is 0 Å². The standard InChI is InChI=1S/C16H24N2O/c1-18(8-9-19-12-13-2-3-13)11-14-4-5-15-6-7-17-16(15)10-14/h4-5,10,13,17H,2-3,6-9,11-12H2,1H3. The van der Waals surface area contributed by atoms with Crippen molar-refractivity contribution in [1.29, 1.82) is 0 Å². The Morgan fingerprint density at radius 2 is 2.26 bits per heavy atom. The van der Waals surface area contributed by atoms with E-state index in [0.717, 1.165) is 38.8 Å². The van der Waals surface area contributed by atoms with Gasteiger partial charge in [0.1, 0.15) is 0 Å². The van der Waals surface area contributed by atoms with Gasteiger partial charge in [0.15, 0.2) is 0 Å². The van der Waals surface area contributed by atoms with Crippen LogP contribution in [0, 0.1) is 5.92 Å². The maximum absolute atomic E-state index is 5.69. The zero-order valence-corrected chi connectivity index (χ0v) is 11.8. The molecule has 2 aliphatic rings. The molecule has 3 nitrogen and oxygen atoms in total. The normalized spacial score (nSPS) is 17.6. The summed E-state index contributed by atoms with van der Waals surface area (Å²) >= 11 is 0. The highest BCUT2D eigenvalue weighted by Crippen LogP contribution is 2.28. The fourth-order valence-electron chi connectivity index (χ4n) is 2.58. The Hall–Kier alpha value is -1.06. The number of anilines is 1. The number of hydrogen-bond acceptors (Lipinski definition) is 3. The van der Waals surface area contributed by atoms with E-state index in [4.69, 9.17) is 4.74 Å². The number of likely N-dealkylation sites (N-methyl/N-ethyl adjacent to an activating group) is 1. The summed E-state index contributed by atoms with van der Waals surface area (Å²) in [5.41, 5.74) is 4.17. The summed E-state index contributed by atoms with van der Waals surface area (Å²) in [5.74, 6) is 0.869. The molecule has 1 heterocycles. The van der Waals surface area contributed by atoms with Crippen LogP contribution in [-0.4, -0.2) is 38.3 Å². The molecule has 0 atom stereocenters. The molecule has 1 fully saturated rings. The van der Waals surface area contributed by atoms with Gasteiger partial charge >= 0.3 is 0 Å². The quantitative estimate of drug-likeness (QED) is 0.762. The van der Waals surface area contributed by atoms with Gasteiger partial charge in [-0.25, -0.2) is 0 Å². The van der Waals surface area contributed by atoms with Gasteiger partial charge in [-0.15, -0.1) is 0 Å². The molecule has 0 saturated heterocycles. The van der Waals surface area contributed by atoms with Crippen molar-refractivity contribution in [3.63, 3.8) is 0 Å². The molecule has 1 aromatic carbocycles. The molecule has 0 radical (unpaired) electrons. The molecule has 1 N–H and O–H groups in total. The van der Waals surface area contributed by atoms with Crippen molar-refractivity contribution >= 4 is 5.69 Å². The van der Waals surface area contributed by atoms with Gasteiger partial charge in [0.2, 0.25) is 0 Å². The van der Waals surface area contributed by atoms with Crippen LogP contribution in [0.2, 0.25) is 0 Å². The molecule has 1 aliphatic carbocycles. The molecule has 1 saturated carbocycles. The molecule has 0 aromatic heterocycles. The van der Waals surface area contributed by atoms with Crippen LogP contribution in [-0.2, 0) is 17.7 Å². The molecule has 0 spiro atoms. The molecule has 1 aliphatic heterocycles. The maximum Gasteiger partial charge on any atom is 0.0593 e. The van der Waals surface area contributed by atoms with Crippen molar-refractivity contribution in [2.75, 3.05) is 38.7 Å². The Labute approximate surface area is 115 Å². The Kier molecular flexibility index (Phi) is 4.04. The van der Waals surface area contributed by atoms with Gasteiger partial charge in [0.25, 0.3) is 0 Å². The van der Waals surface area contributed by atoms with Gasteiger partial charge in [-0.3, -0.25) is 4.90 Å². The van der Waals surface area contributed by atoms with Crippen LogP contribution in [0.5, 0.6) is 0 Å². The maximum atomic E-state index is 5.69. The van der Waals surface area contributed by atoms with Gasteiger partial charge in [-0.1, -0.05) is 12.1 Å². The molecule has 3 rings (SSSR count). The van der Waals surface area contributed by atoms with E-state index < -0.39 is 0 Å². The van der Waals surface area contributed by atoms with Gasteiger partial charge < -0.3 is 10.1 Å². The van der Waals surface area contributed by atoms with Crippen LogP contribution in [0.25, 0.3) is 0 Å². The summed E-state index contributed by atoms with van der Waals surface area (Å²) in [7, 11) is 2.17. The van der Waals surface area contributed by atoms with E-state index in [-0.39, 0.29) is 0 Å². The monoisotopic (exact) mass is 260 g/mol. The summed E-state index contributed by atoms with van der Waals surface area (Å²) in [6, 6.07) is 6.82. The minimum Gasteiger partial charge on any atom is -0.384 e. The predicted octanol–water partition coefficient (Wildman–Crippen LogP) is 2.51. The molecule has 0 bridgehead atoms. The molecule has 3 heteroatoms. The molecule has 104 valence electrons. The SMILES string of the molecule is CN(CCOCC1CC1)Cc1ccc2c(c1)NCC2. The van der Waals surface area contributed by atoms with Crippen molar-refractivity contribution < 1.29 is 4.74 Å². The number of nitrogens with one attached hydrogen (secondary N) is 1. The number of rotatable bonds is 7. The number of fused-ring (bicyclic) bond motifs is 1. The third-order valence-electron chi connectivity index (χ3n) is 4.00. The lowest BCUT2D eigenvalue weighted by molar-refractivity contribution is 0.102. The number of ether oxygens (including phenoxy) is 1. The molecular formula is C16H24N2O. The highest BCUT2D eigenvalue weighted by atomic mass is 16.5. The summed E-state index contributed by atoms with van der Waals surface area (Å²) < 4.78 is 5.69. The third-order valence-corrected chi connectivity index (χ3v) is 4.00. The van der Waals surface area contributed by atoms with Gasteiger partial charge in [-0.05, 0) is 49.4 Å². The van der Waals surface area contributed by atoms with Crippen molar-refractivity contribution in [2.24, 2.45) is 5.92 Å². The topological polar surface area (TPSA) is 24.5 Å². The smallest absolute Gasteiger partial charge is 0.0593 e. The molecule has 19 heavy (non-hydrogen) atoms. The van der Waals surface area contributed by atoms with Crippen molar-refractivity contribution in [1.82, 2.24) is 4.90 Å². The van der Waals surface area contributed by atoms with E-state index >= 15 is 0 Å². The third kappa shape index (κ3) is 3.71. The van der Waals surface area contributed by atoms with E-state index in [1.807, 2.05) is 0 Å². The first kappa shape index (κ1) is 12.9. The summed E-state index contributed by atoms with van der Waals surface area (Å²) in [5, 5.41) is 3.44. The second-order valence-corrected chi connectivity index (χ2v) is 5.92. The van der Waals surface area contributed by atoms with Gasteiger partial charge in [-0.2, -0.15) is 0 Å². The van der Waals surface area contributed by atoms with Gasteiger partial charge in [0, 0.05) is 31.9 Å².